The lowest BCUT2D eigenvalue weighted by Crippen LogP contribution is -2.51. The molecular weight excluding hydrogens is 705 g/mol. The van der Waals surface area contributed by atoms with Crippen LogP contribution in [-0.2, 0) is 40.0 Å². The first-order valence-electron chi connectivity index (χ1n) is 22.9. The minimum absolute atomic E-state index is 0.0298. The van der Waals surface area contributed by atoms with Gasteiger partial charge in [0.05, 0.1) is 19.8 Å². The SMILES string of the molecule is CCCCCCCCCCCCCCCC(=O)OC[C@H](CNC(=O)[C@@H](COCc1ccccc1)NC(C)=O)OC(=O)CCCCCCCCCCCCCCC. The first-order valence-corrected chi connectivity index (χ1v) is 22.9. The van der Waals surface area contributed by atoms with Gasteiger partial charge in [0.25, 0.3) is 0 Å². The lowest BCUT2D eigenvalue weighted by Gasteiger charge is -2.22. The second kappa shape index (κ2) is 37.6. The number of nitrogens with one attached hydrogen (secondary N) is 2. The zero-order valence-corrected chi connectivity index (χ0v) is 36.0. The third kappa shape index (κ3) is 32.2. The summed E-state index contributed by atoms with van der Waals surface area (Å²) in [6.45, 7) is 5.91. The van der Waals surface area contributed by atoms with Crippen LogP contribution in [0, 0.1) is 0 Å². The van der Waals surface area contributed by atoms with Crippen molar-refractivity contribution in [3.05, 3.63) is 35.9 Å². The number of unbranched alkanes of at least 4 members (excludes halogenated alkanes) is 24. The highest BCUT2D eigenvalue weighted by Crippen LogP contribution is 2.15. The summed E-state index contributed by atoms with van der Waals surface area (Å²) in [5, 5.41) is 5.41. The van der Waals surface area contributed by atoms with Crippen molar-refractivity contribution in [2.75, 3.05) is 19.8 Å². The van der Waals surface area contributed by atoms with Crippen LogP contribution < -0.4 is 10.6 Å². The van der Waals surface area contributed by atoms with Crippen LogP contribution in [0.25, 0.3) is 0 Å². The maximum atomic E-state index is 13.2. The molecule has 0 bridgehead atoms. The number of carbonyl (C=O) groups excluding carboxylic acids is 4. The Morgan fingerprint density at radius 3 is 1.43 bits per heavy atom. The molecule has 1 rings (SSSR count). The Hall–Kier alpha value is -2.94. The minimum atomic E-state index is -0.934. The molecule has 1 aromatic carbocycles. The van der Waals surface area contributed by atoms with E-state index in [4.69, 9.17) is 14.2 Å². The van der Waals surface area contributed by atoms with Crippen molar-refractivity contribution in [1.29, 1.82) is 0 Å². The molecule has 0 aliphatic carbocycles. The van der Waals surface area contributed by atoms with Gasteiger partial charge in [-0.15, -0.1) is 0 Å². The molecule has 0 fully saturated rings. The molecule has 9 nitrogen and oxygen atoms in total. The molecule has 0 aliphatic rings. The van der Waals surface area contributed by atoms with Crippen molar-refractivity contribution in [2.24, 2.45) is 0 Å². The molecule has 0 aliphatic heterocycles. The van der Waals surface area contributed by atoms with Crippen molar-refractivity contribution in [1.82, 2.24) is 10.6 Å². The predicted octanol–water partition coefficient (Wildman–Crippen LogP) is 11.2. The van der Waals surface area contributed by atoms with Gasteiger partial charge in [0.1, 0.15) is 12.6 Å². The Balaban J connectivity index is 2.47. The van der Waals surface area contributed by atoms with Gasteiger partial charge in [-0.1, -0.05) is 198 Å². The summed E-state index contributed by atoms with van der Waals surface area (Å²) in [5.41, 5.74) is 0.950. The molecule has 0 spiro atoms. The van der Waals surface area contributed by atoms with Crippen LogP contribution in [0.3, 0.4) is 0 Å². The maximum absolute atomic E-state index is 13.2. The lowest BCUT2D eigenvalue weighted by atomic mass is 10.0. The number of ether oxygens (including phenoxy) is 3. The van der Waals surface area contributed by atoms with E-state index >= 15 is 0 Å². The second-order valence-electron chi connectivity index (χ2n) is 15.8. The molecular formula is C47H82N2O7. The highest BCUT2D eigenvalue weighted by molar-refractivity contribution is 5.87. The van der Waals surface area contributed by atoms with Gasteiger partial charge >= 0.3 is 11.9 Å². The predicted molar refractivity (Wildman–Crippen MR) is 228 cm³/mol. The number of benzene rings is 1. The van der Waals surface area contributed by atoms with Crippen molar-refractivity contribution in [3.63, 3.8) is 0 Å². The molecule has 0 radical (unpaired) electrons. The second-order valence-corrected chi connectivity index (χ2v) is 15.8. The first-order chi connectivity index (χ1) is 27.3. The van der Waals surface area contributed by atoms with Gasteiger partial charge in [0, 0.05) is 19.8 Å². The van der Waals surface area contributed by atoms with Gasteiger partial charge in [0.15, 0.2) is 6.10 Å². The van der Waals surface area contributed by atoms with Gasteiger partial charge in [-0.05, 0) is 18.4 Å². The fraction of sp³-hybridized carbons (Fsp3) is 0.787. The van der Waals surface area contributed by atoms with Crippen LogP contribution in [0.15, 0.2) is 30.3 Å². The van der Waals surface area contributed by atoms with E-state index in [0.717, 1.165) is 44.1 Å². The van der Waals surface area contributed by atoms with E-state index in [1.165, 1.54) is 135 Å². The molecule has 0 unspecified atom stereocenters. The molecule has 0 heterocycles. The standard InChI is InChI=1S/C47H82N2O7/c1-4-6-8-10-12-14-16-18-20-22-24-26-31-35-45(51)55-39-43(56-46(52)36-32-27-25-23-21-19-17-15-13-11-9-7-5-2)37-48-47(53)44(49-41(3)50)40-54-38-42-33-29-28-30-34-42/h28-30,33-34,43-44H,4-27,31-32,35-40H2,1-3H3,(H,48,53)(H,49,50)/t43-,44+/m0/s1. The van der Waals surface area contributed by atoms with Crippen LogP contribution in [-0.4, -0.2) is 55.7 Å². The molecule has 322 valence electrons. The Kier molecular flexibility index (Phi) is 34.3. The molecule has 56 heavy (non-hydrogen) atoms. The molecule has 0 saturated heterocycles. The van der Waals surface area contributed by atoms with E-state index in [1.807, 2.05) is 30.3 Å². The van der Waals surface area contributed by atoms with E-state index in [9.17, 15) is 19.2 Å². The van der Waals surface area contributed by atoms with Gasteiger partial charge in [0.2, 0.25) is 11.8 Å². The largest absolute Gasteiger partial charge is 0.462 e. The number of amides is 2. The fourth-order valence-corrected chi connectivity index (χ4v) is 6.85. The summed E-state index contributed by atoms with van der Waals surface area (Å²) < 4.78 is 17.0. The Morgan fingerprint density at radius 1 is 0.554 bits per heavy atom. The van der Waals surface area contributed by atoms with Crippen LogP contribution in [0.1, 0.15) is 206 Å². The summed E-state index contributed by atoms with van der Waals surface area (Å²) in [6, 6.07) is 8.63. The van der Waals surface area contributed by atoms with E-state index in [2.05, 4.69) is 24.5 Å². The number of hydrogen-bond donors (Lipinski definition) is 2. The average Bonchev–Trinajstić information content (AvgIpc) is 3.19. The quantitative estimate of drug-likeness (QED) is 0.0503. The van der Waals surface area contributed by atoms with Gasteiger partial charge < -0.3 is 24.8 Å². The van der Waals surface area contributed by atoms with E-state index in [-0.39, 0.29) is 44.0 Å². The number of esters is 2. The number of rotatable bonds is 39. The first kappa shape index (κ1) is 51.1. The third-order valence-electron chi connectivity index (χ3n) is 10.3. The molecule has 0 aromatic heterocycles. The van der Waals surface area contributed by atoms with Crippen molar-refractivity contribution in [2.45, 2.75) is 219 Å². The molecule has 2 atom stereocenters. The van der Waals surface area contributed by atoms with Gasteiger partial charge in [-0.25, -0.2) is 0 Å². The Labute approximate surface area is 341 Å². The summed E-state index contributed by atoms with van der Waals surface area (Å²) in [7, 11) is 0. The summed E-state index contributed by atoms with van der Waals surface area (Å²) >= 11 is 0. The lowest BCUT2D eigenvalue weighted by molar-refractivity contribution is -0.159. The fourth-order valence-electron chi connectivity index (χ4n) is 6.85. The molecule has 9 heteroatoms. The van der Waals surface area contributed by atoms with Gasteiger partial charge in [-0.2, -0.15) is 0 Å². The Morgan fingerprint density at radius 2 is 0.982 bits per heavy atom. The molecule has 2 N–H and O–H groups in total. The third-order valence-corrected chi connectivity index (χ3v) is 10.3. The summed E-state index contributed by atoms with van der Waals surface area (Å²) in [6.07, 6.45) is 31.6. The number of hydrogen-bond acceptors (Lipinski definition) is 7. The molecule has 1 aromatic rings. The Bertz CT molecular complexity index is 1100. The van der Waals surface area contributed by atoms with Crippen LogP contribution in [0.2, 0.25) is 0 Å². The van der Waals surface area contributed by atoms with Gasteiger partial charge in [-0.3, -0.25) is 19.2 Å². The topological polar surface area (TPSA) is 120 Å². The molecule has 0 saturated carbocycles. The van der Waals surface area contributed by atoms with Crippen molar-refractivity contribution >= 4 is 23.8 Å². The monoisotopic (exact) mass is 787 g/mol. The van der Waals surface area contributed by atoms with Crippen LogP contribution in [0.4, 0.5) is 0 Å². The molecule has 2 amide bonds. The normalized spacial score (nSPS) is 12.2. The van der Waals surface area contributed by atoms with Crippen LogP contribution >= 0.6 is 0 Å². The zero-order chi connectivity index (χ0) is 40.7. The van der Waals surface area contributed by atoms with E-state index < -0.39 is 18.1 Å². The van der Waals surface area contributed by atoms with E-state index in [1.54, 1.807) is 0 Å². The maximum Gasteiger partial charge on any atom is 0.306 e. The summed E-state index contributed by atoms with van der Waals surface area (Å²) in [5.74, 6) is -1.53. The average molecular weight is 787 g/mol. The van der Waals surface area contributed by atoms with Crippen LogP contribution in [0.5, 0.6) is 0 Å². The highest BCUT2D eigenvalue weighted by atomic mass is 16.6. The highest BCUT2D eigenvalue weighted by Gasteiger charge is 2.23. The summed E-state index contributed by atoms with van der Waals surface area (Å²) in [4.78, 5) is 50.5. The van der Waals surface area contributed by atoms with E-state index in [0.29, 0.717) is 13.0 Å². The number of carbonyl (C=O) groups is 4. The van der Waals surface area contributed by atoms with Crippen molar-refractivity contribution < 1.29 is 33.4 Å². The smallest absolute Gasteiger partial charge is 0.306 e. The zero-order valence-electron chi connectivity index (χ0n) is 36.0. The van der Waals surface area contributed by atoms with Crippen molar-refractivity contribution in [3.8, 4) is 0 Å². The minimum Gasteiger partial charge on any atom is -0.462 e.